The molecule has 0 N–H and O–H groups in total. The fourth-order valence-corrected chi connectivity index (χ4v) is 3.26. The highest BCUT2D eigenvalue weighted by atomic mass is 14.7. The van der Waals surface area contributed by atoms with Gasteiger partial charge in [0.05, 0.1) is 0 Å². The van der Waals surface area contributed by atoms with Crippen molar-refractivity contribution in [3.63, 3.8) is 0 Å². The van der Waals surface area contributed by atoms with Crippen LogP contribution < -0.4 is 0 Å². The summed E-state index contributed by atoms with van der Waals surface area (Å²) in [5.41, 5.74) is 1.22. The molecular formula is C11H18. The molecule has 3 fully saturated rings. The van der Waals surface area contributed by atoms with E-state index in [0.29, 0.717) is 10.8 Å². The van der Waals surface area contributed by atoms with Crippen molar-refractivity contribution in [2.75, 3.05) is 0 Å². The monoisotopic (exact) mass is 150 g/mol. The summed E-state index contributed by atoms with van der Waals surface area (Å²) < 4.78 is 0. The molecule has 0 amide bonds. The first-order valence-electron chi connectivity index (χ1n) is 4.64. The summed E-state index contributed by atoms with van der Waals surface area (Å²) in [6.45, 7) is 11.2. The second-order valence-corrected chi connectivity index (χ2v) is 5.20. The molecule has 0 aromatic heterocycles. The minimum absolute atomic E-state index is 0.589. The van der Waals surface area contributed by atoms with E-state index in [0.717, 1.165) is 11.8 Å². The Bertz CT molecular complexity index is 199. The lowest BCUT2D eigenvalue weighted by molar-refractivity contribution is -0.0433. The van der Waals surface area contributed by atoms with Gasteiger partial charge >= 0.3 is 0 Å². The first kappa shape index (κ1) is 7.39. The van der Waals surface area contributed by atoms with Gasteiger partial charge in [-0.25, -0.2) is 0 Å². The van der Waals surface area contributed by atoms with Gasteiger partial charge in [-0.3, -0.25) is 0 Å². The first-order valence-corrected chi connectivity index (χ1v) is 4.64. The lowest BCUT2D eigenvalue weighted by Gasteiger charge is -2.53. The van der Waals surface area contributed by atoms with Gasteiger partial charge in [0.25, 0.3) is 0 Å². The highest BCUT2D eigenvalue weighted by molar-refractivity contribution is 5.17. The van der Waals surface area contributed by atoms with Gasteiger partial charge in [0.2, 0.25) is 0 Å². The molecule has 3 rings (SSSR count). The SMILES string of the molecule is C=CC1CC2(C)CC1C2(C)C. The number of hydrogen-bond acceptors (Lipinski definition) is 0. The van der Waals surface area contributed by atoms with Gasteiger partial charge < -0.3 is 0 Å². The van der Waals surface area contributed by atoms with Gasteiger partial charge in [0.1, 0.15) is 0 Å². The van der Waals surface area contributed by atoms with Gasteiger partial charge in [-0.05, 0) is 35.5 Å². The Morgan fingerprint density at radius 1 is 1.27 bits per heavy atom. The van der Waals surface area contributed by atoms with Crippen LogP contribution >= 0.6 is 0 Å². The molecule has 0 aliphatic heterocycles. The van der Waals surface area contributed by atoms with Crippen LogP contribution in [0.1, 0.15) is 33.6 Å². The molecule has 0 aromatic rings. The third kappa shape index (κ3) is 0.617. The van der Waals surface area contributed by atoms with Crippen molar-refractivity contribution in [1.82, 2.24) is 0 Å². The molecule has 0 heteroatoms. The largest absolute Gasteiger partial charge is 0.103 e. The summed E-state index contributed by atoms with van der Waals surface area (Å²) in [6, 6.07) is 0. The number of allylic oxidation sites excluding steroid dienone is 1. The highest BCUT2D eigenvalue weighted by Gasteiger charge is 2.64. The van der Waals surface area contributed by atoms with Crippen molar-refractivity contribution in [3.05, 3.63) is 12.7 Å². The molecule has 0 spiro atoms. The third-order valence-electron chi connectivity index (χ3n) is 4.66. The maximum Gasteiger partial charge on any atom is -0.0197 e. The van der Waals surface area contributed by atoms with Crippen LogP contribution in [0.2, 0.25) is 0 Å². The molecule has 62 valence electrons. The molecule has 11 heavy (non-hydrogen) atoms. The standard InChI is InChI=1S/C11H18/c1-5-8-6-11(4)7-9(8)10(11,2)3/h5,8-9H,1,6-7H2,2-4H3. The smallest absolute Gasteiger partial charge is 0.0197 e. The first-order chi connectivity index (χ1) is 5.01. The molecule has 3 unspecified atom stereocenters. The maximum atomic E-state index is 3.92. The zero-order valence-electron chi connectivity index (χ0n) is 7.85. The van der Waals surface area contributed by atoms with E-state index in [1.807, 2.05) is 0 Å². The van der Waals surface area contributed by atoms with E-state index in [4.69, 9.17) is 0 Å². The van der Waals surface area contributed by atoms with Gasteiger partial charge in [0, 0.05) is 0 Å². The number of rotatable bonds is 1. The summed E-state index contributed by atoms with van der Waals surface area (Å²) in [5.74, 6) is 1.75. The van der Waals surface area contributed by atoms with Crippen molar-refractivity contribution in [2.45, 2.75) is 33.6 Å². The summed E-state index contributed by atoms with van der Waals surface area (Å²) >= 11 is 0. The van der Waals surface area contributed by atoms with E-state index in [-0.39, 0.29) is 0 Å². The topological polar surface area (TPSA) is 0 Å². The van der Waals surface area contributed by atoms with E-state index < -0.39 is 0 Å². The highest BCUT2D eigenvalue weighted by Crippen LogP contribution is 2.72. The predicted molar refractivity (Wildman–Crippen MR) is 48.3 cm³/mol. The maximum absolute atomic E-state index is 3.92. The summed E-state index contributed by atoms with van der Waals surface area (Å²) in [4.78, 5) is 0. The molecule has 3 aliphatic rings. The number of hydrogen-bond donors (Lipinski definition) is 0. The third-order valence-corrected chi connectivity index (χ3v) is 4.66. The molecule has 3 atom stereocenters. The van der Waals surface area contributed by atoms with Crippen molar-refractivity contribution in [3.8, 4) is 0 Å². The fourth-order valence-electron chi connectivity index (χ4n) is 3.26. The Balaban J connectivity index is 2.29. The van der Waals surface area contributed by atoms with E-state index in [2.05, 4.69) is 33.4 Å². The minimum atomic E-state index is 0.589. The minimum Gasteiger partial charge on any atom is -0.103 e. The van der Waals surface area contributed by atoms with E-state index in [1.54, 1.807) is 0 Å². The quantitative estimate of drug-likeness (QED) is 0.503. The van der Waals surface area contributed by atoms with Gasteiger partial charge in [-0.2, -0.15) is 0 Å². The zero-order chi connectivity index (χ0) is 8.28. The van der Waals surface area contributed by atoms with Gasteiger partial charge in [-0.15, -0.1) is 6.58 Å². The molecule has 3 aliphatic carbocycles. The van der Waals surface area contributed by atoms with Crippen LogP contribution in [0.4, 0.5) is 0 Å². The Labute approximate surface area is 69.7 Å². The molecule has 0 nitrogen and oxygen atoms in total. The Morgan fingerprint density at radius 3 is 2.09 bits per heavy atom. The van der Waals surface area contributed by atoms with Crippen LogP contribution in [0, 0.1) is 22.7 Å². The van der Waals surface area contributed by atoms with Crippen LogP contribution in [-0.2, 0) is 0 Å². The van der Waals surface area contributed by atoms with E-state index in [9.17, 15) is 0 Å². The van der Waals surface area contributed by atoms with Crippen molar-refractivity contribution in [2.24, 2.45) is 22.7 Å². The van der Waals surface area contributed by atoms with Crippen LogP contribution in [-0.4, -0.2) is 0 Å². The van der Waals surface area contributed by atoms with E-state index >= 15 is 0 Å². The summed E-state index contributed by atoms with van der Waals surface area (Å²) in [7, 11) is 0. The molecule has 0 heterocycles. The van der Waals surface area contributed by atoms with E-state index in [1.165, 1.54) is 12.8 Å². The van der Waals surface area contributed by atoms with Crippen LogP contribution in [0.5, 0.6) is 0 Å². The Kier molecular flexibility index (Phi) is 1.16. The molecule has 0 radical (unpaired) electrons. The zero-order valence-corrected chi connectivity index (χ0v) is 7.85. The van der Waals surface area contributed by atoms with Gasteiger partial charge in [-0.1, -0.05) is 26.8 Å². The Morgan fingerprint density at radius 2 is 1.91 bits per heavy atom. The average molecular weight is 150 g/mol. The number of fused-ring (bicyclic) bond motifs is 1. The predicted octanol–water partition coefficient (Wildman–Crippen LogP) is 3.24. The van der Waals surface area contributed by atoms with Crippen molar-refractivity contribution in [1.29, 1.82) is 0 Å². The van der Waals surface area contributed by atoms with Crippen LogP contribution in [0.3, 0.4) is 0 Å². The molecule has 0 aromatic carbocycles. The summed E-state index contributed by atoms with van der Waals surface area (Å²) in [5, 5.41) is 0. The second kappa shape index (κ2) is 1.73. The second-order valence-electron chi connectivity index (χ2n) is 5.20. The molecular weight excluding hydrogens is 132 g/mol. The Hall–Kier alpha value is -0.260. The average Bonchev–Trinajstić information content (AvgIpc) is 2.38. The molecule has 3 saturated carbocycles. The molecule has 0 saturated heterocycles. The van der Waals surface area contributed by atoms with Gasteiger partial charge in [0.15, 0.2) is 0 Å². The lowest BCUT2D eigenvalue weighted by Crippen LogP contribution is -2.46. The van der Waals surface area contributed by atoms with Crippen molar-refractivity contribution < 1.29 is 0 Å². The van der Waals surface area contributed by atoms with Crippen LogP contribution in [0.25, 0.3) is 0 Å². The van der Waals surface area contributed by atoms with Crippen LogP contribution in [0.15, 0.2) is 12.7 Å². The lowest BCUT2D eigenvalue weighted by atomic mass is 9.51. The fraction of sp³-hybridized carbons (Fsp3) is 0.818. The molecule has 2 bridgehead atoms. The summed E-state index contributed by atoms with van der Waals surface area (Å²) in [6.07, 6.45) is 5.00. The normalized spacial score (nSPS) is 51.9. The van der Waals surface area contributed by atoms with Crippen molar-refractivity contribution >= 4 is 0 Å².